The summed E-state index contributed by atoms with van der Waals surface area (Å²) in [5.74, 6) is 0.00308. The Morgan fingerprint density at radius 1 is 0.938 bits per heavy atom. The van der Waals surface area contributed by atoms with Gasteiger partial charge in [0.25, 0.3) is 0 Å². The van der Waals surface area contributed by atoms with Crippen LogP contribution in [0, 0.1) is 5.92 Å². The summed E-state index contributed by atoms with van der Waals surface area (Å²) < 4.78 is 0. The molecule has 32 heavy (non-hydrogen) atoms. The highest BCUT2D eigenvalue weighted by atomic mass is 16.2. The minimum absolute atomic E-state index is 0.00515. The van der Waals surface area contributed by atoms with Crippen molar-refractivity contribution in [3.05, 3.63) is 71.8 Å². The lowest BCUT2D eigenvalue weighted by molar-refractivity contribution is -0.138. The van der Waals surface area contributed by atoms with Crippen molar-refractivity contribution in [3.8, 4) is 0 Å². The molecule has 2 atom stereocenters. The van der Waals surface area contributed by atoms with E-state index in [2.05, 4.69) is 24.4 Å². The Labute approximate surface area is 193 Å². The number of carbonyl (C=O) groups is 2. The van der Waals surface area contributed by atoms with Crippen molar-refractivity contribution < 1.29 is 9.59 Å². The number of nitrogens with zero attached hydrogens (tertiary/aromatic N) is 1. The number of unbranched alkanes of at least 4 members (excludes halogenated alkanes) is 2. The third kappa shape index (κ3) is 8.83. The molecule has 2 unspecified atom stereocenters. The number of nitrogens with one attached hydrogen (secondary N) is 1. The molecule has 0 radical (unpaired) electrons. The highest BCUT2D eigenvalue weighted by Crippen LogP contribution is 2.15. The van der Waals surface area contributed by atoms with Gasteiger partial charge in [-0.15, -0.1) is 0 Å². The molecule has 0 saturated carbocycles. The number of rotatable bonds is 14. The largest absolute Gasteiger partial charge is 0.344 e. The molecule has 0 spiro atoms. The quantitative estimate of drug-likeness (QED) is 0.433. The molecule has 2 rings (SSSR count). The standard InChI is InChI=1S/C27H39N3O2/c1-3-22(2)26(29-25(31)17-11-6-12-19-28)27(32)30(21-24-15-9-5-10-16-24)20-18-23-13-7-4-8-14-23/h4-5,7-10,13-16,22,26H,3,6,11-12,17-21,28H2,1-2H3,(H,29,31). The molecule has 0 aliphatic rings. The number of carbonyl (C=O) groups excluding carboxylic acids is 2. The Morgan fingerprint density at radius 2 is 1.56 bits per heavy atom. The second kappa shape index (κ2) is 14.4. The fourth-order valence-electron chi connectivity index (χ4n) is 3.71. The molecule has 3 N–H and O–H groups in total. The van der Waals surface area contributed by atoms with Crippen LogP contribution in [0.4, 0.5) is 0 Å². The first-order valence-corrected chi connectivity index (χ1v) is 11.9. The van der Waals surface area contributed by atoms with Gasteiger partial charge in [-0.25, -0.2) is 0 Å². The lowest BCUT2D eigenvalue weighted by Gasteiger charge is -2.31. The monoisotopic (exact) mass is 437 g/mol. The fourth-order valence-corrected chi connectivity index (χ4v) is 3.71. The lowest BCUT2D eigenvalue weighted by atomic mass is 9.96. The fraction of sp³-hybridized carbons (Fsp3) is 0.481. The van der Waals surface area contributed by atoms with Crippen molar-refractivity contribution in [1.29, 1.82) is 0 Å². The van der Waals surface area contributed by atoms with E-state index in [4.69, 9.17) is 5.73 Å². The first-order valence-electron chi connectivity index (χ1n) is 11.9. The summed E-state index contributed by atoms with van der Waals surface area (Å²) in [5.41, 5.74) is 7.82. The molecular formula is C27H39N3O2. The van der Waals surface area contributed by atoms with E-state index in [1.54, 1.807) is 0 Å². The Morgan fingerprint density at radius 3 is 2.16 bits per heavy atom. The maximum Gasteiger partial charge on any atom is 0.245 e. The van der Waals surface area contributed by atoms with Crippen molar-refractivity contribution in [2.45, 2.75) is 65.0 Å². The number of hydrogen-bond donors (Lipinski definition) is 2. The molecule has 5 nitrogen and oxygen atoms in total. The highest BCUT2D eigenvalue weighted by Gasteiger charge is 2.29. The van der Waals surface area contributed by atoms with Gasteiger partial charge in [-0.2, -0.15) is 0 Å². The number of amides is 2. The van der Waals surface area contributed by atoms with Gasteiger partial charge < -0.3 is 16.0 Å². The van der Waals surface area contributed by atoms with Crippen LogP contribution in [0.2, 0.25) is 0 Å². The van der Waals surface area contributed by atoms with Gasteiger partial charge in [0.2, 0.25) is 11.8 Å². The molecule has 2 aromatic carbocycles. The maximum atomic E-state index is 13.7. The van der Waals surface area contributed by atoms with Crippen LogP contribution in [0.15, 0.2) is 60.7 Å². The summed E-state index contributed by atoms with van der Waals surface area (Å²) in [5, 5.41) is 3.05. The average Bonchev–Trinajstić information content (AvgIpc) is 2.83. The Balaban J connectivity index is 2.12. The normalized spacial score (nSPS) is 12.7. The van der Waals surface area contributed by atoms with Crippen LogP contribution in [-0.4, -0.2) is 35.8 Å². The Hall–Kier alpha value is -2.66. The number of hydrogen-bond acceptors (Lipinski definition) is 3. The summed E-state index contributed by atoms with van der Waals surface area (Å²) in [6.07, 6.45) is 4.69. The van der Waals surface area contributed by atoms with Crippen LogP contribution in [0.3, 0.4) is 0 Å². The molecular weight excluding hydrogens is 398 g/mol. The zero-order valence-corrected chi connectivity index (χ0v) is 19.6. The molecule has 0 bridgehead atoms. The Bertz CT molecular complexity index is 795. The summed E-state index contributed by atoms with van der Waals surface area (Å²) in [6, 6.07) is 19.7. The molecule has 0 fully saturated rings. The van der Waals surface area contributed by atoms with Gasteiger partial charge in [0, 0.05) is 19.5 Å². The molecule has 0 saturated heterocycles. The topological polar surface area (TPSA) is 75.4 Å². The summed E-state index contributed by atoms with van der Waals surface area (Å²) >= 11 is 0. The van der Waals surface area contributed by atoms with Crippen LogP contribution in [0.5, 0.6) is 0 Å². The van der Waals surface area contributed by atoms with Crippen molar-refractivity contribution in [2.24, 2.45) is 11.7 Å². The van der Waals surface area contributed by atoms with E-state index in [0.717, 1.165) is 37.7 Å². The van der Waals surface area contributed by atoms with Crippen LogP contribution in [-0.2, 0) is 22.6 Å². The highest BCUT2D eigenvalue weighted by molar-refractivity contribution is 5.88. The first-order chi connectivity index (χ1) is 15.5. The van der Waals surface area contributed by atoms with Crippen LogP contribution in [0.25, 0.3) is 0 Å². The average molecular weight is 438 g/mol. The second-order valence-corrected chi connectivity index (χ2v) is 8.51. The van der Waals surface area contributed by atoms with Gasteiger partial charge in [0.05, 0.1) is 0 Å². The zero-order valence-electron chi connectivity index (χ0n) is 19.6. The van der Waals surface area contributed by atoms with E-state index in [1.807, 2.05) is 60.4 Å². The molecule has 0 aliphatic carbocycles. The van der Waals surface area contributed by atoms with E-state index < -0.39 is 6.04 Å². The molecule has 0 aliphatic heterocycles. The smallest absolute Gasteiger partial charge is 0.245 e. The first kappa shape index (κ1) is 25.6. The minimum atomic E-state index is -0.513. The maximum absolute atomic E-state index is 13.7. The minimum Gasteiger partial charge on any atom is -0.344 e. The van der Waals surface area contributed by atoms with Gasteiger partial charge in [0.1, 0.15) is 6.04 Å². The summed E-state index contributed by atoms with van der Waals surface area (Å²) in [7, 11) is 0. The third-order valence-corrected chi connectivity index (χ3v) is 5.94. The van der Waals surface area contributed by atoms with Crippen molar-refractivity contribution in [1.82, 2.24) is 10.2 Å². The summed E-state index contributed by atoms with van der Waals surface area (Å²) in [6.45, 7) is 5.88. The van der Waals surface area contributed by atoms with Gasteiger partial charge in [0.15, 0.2) is 0 Å². The lowest BCUT2D eigenvalue weighted by Crippen LogP contribution is -2.51. The van der Waals surface area contributed by atoms with Crippen LogP contribution in [0.1, 0.15) is 57.1 Å². The van der Waals surface area contributed by atoms with Gasteiger partial charge in [-0.1, -0.05) is 87.4 Å². The molecule has 0 heterocycles. The third-order valence-electron chi connectivity index (χ3n) is 5.94. The van der Waals surface area contributed by atoms with Gasteiger partial charge in [-0.05, 0) is 42.9 Å². The molecule has 5 heteroatoms. The SMILES string of the molecule is CCC(C)C(NC(=O)CCCCCN)C(=O)N(CCc1ccccc1)Cc1ccccc1. The van der Waals surface area contributed by atoms with Crippen molar-refractivity contribution >= 4 is 11.8 Å². The van der Waals surface area contributed by atoms with E-state index in [1.165, 1.54) is 5.56 Å². The molecule has 2 amide bonds. The molecule has 2 aromatic rings. The van der Waals surface area contributed by atoms with Crippen LogP contribution >= 0.6 is 0 Å². The number of nitrogens with two attached hydrogens (primary N) is 1. The predicted octanol–water partition coefficient (Wildman–Crippen LogP) is 4.31. The van der Waals surface area contributed by atoms with Crippen LogP contribution < -0.4 is 11.1 Å². The zero-order chi connectivity index (χ0) is 23.2. The van der Waals surface area contributed by atoms with E-state index in [0.29, 0.717) is 26.1 Å². The van der Waals surface area contributed by atoms with Crippen molar-refractivity contribution in [2.75, 3.05) is 13.1 Å². The Kier molecular flexibility index (Phi) is 11.5. The van der Waals surface area contributed by atoms with Gasteiger partial charge >= 0.3 is 0 Å². The van der Waals surface area contributed by atoms with Crippen molar-refractivity contribution in [3.63, 3.8) is 0 Å². The second-order valence-electron chi connectivity index (χ2n) is 8.51. The van der Waals surface area contributed by atoms with E-state index in [-0.39, 0.29) is 17.7 Å². The van der Waals surface area contributed by atoms with Gasteiger partial charge in [-0.3, -0.25) is 9.59 Å². The van der Waals surface area contributed by atoms with E-state index in [9.17, 15) is 9.59 Å². The van der Waals surface area contributed by atoms with E-state index >= 15 is 0 Å². The number of benzene rings is 2. The predicted molar refractivity (Wildman–Crippen MR) is 131 cm³/mol. The molecule has 0 aromatic heterocycles. The molecule has 174 valence electrons. The summed E-state index contributed by atoms with van der Waals surface area (Å²) in [4.78, 5) is 28.2.